The number of amides is 1. The highest BCUT2D eigenvalue weighted by Crippen LogP contribution is 2.35. The van der Waals surface area contributed by atoms with Crippen molar-refractivity contribution in [2.24, 2.45) is 5.41 Å². The van der Waals surface area contributed by atoms with Crippen molar-refractivity contribution >= 4 is 17.8 Å². The van der Waals surface area contributed by atoms with Gasteiger partial charge in [-0.25, -0.2) is 4.39 Å². The fraction of sp³-hybridized carbons (Fsp3) is 0.500. The first kappa shape index (κ1) is 19.8. The van der Waals surface area contributed by atoms with Crippen LogP contribution in [0.2, 0.25) is 0 Å². The Labute approximate surface area is 150 Å². The number of carboxylic acid groups (broad SMARTS) is 2. The van der Waals surface area contributed by atoms with E-state index in [0.29, 0.717) is 5.56 Å². The molecule has 7 nitrogen and oxygen atoms in total. The van der Waals surface area contributed by atoms with Crippen molar-refractivity contribution < 1.29 is 34.1 Å². The zero-order valence-electron chi connectivity index (χ0n) is 14.2. The van der Waals surface area contributed by atoms with Crippen LogP contribution in [0.15, 0.2) is 24.3 Å². The smallest absolute Gasteiger partial charge is 0.314 e. The highest BCUT2D eigenvalue weighted by Gasteiger charge is 2.50. The Morgan fingerprint density at radius 2 is 1.96 bits per heavy atom. The number of aliphatic hydroxyl groups is 1. The Morgan fingerprint density at radius 1 is 1.23 bits per heavy atom. The first-order valence-corrected chi connectivity index (χ1v) is 8.40. The van der Waals surface area contributed by atoms with Gasteiger partial charge in [-0.3, -0.25) is 14.4 Å². The maximum absolute atomic E-state index is 13.4. The van der Waals surface area contributed by atoms with E-state index in [1.54, 1.807) is 6.07 Å². The second-order valence-corrected chi connectivity index (χ2v) is 6.64. The van der Waals surface area contributed by atoms with E-state index in [0.717, 1.165) is 0 Å². The Hall–Kier alpha value is -2.48. The molecule has 0 aromatic heterocycles. The summed E-state index contributed by atoms with van der Waals surface area (Å²) in [7, 11) is 0. The molecule has 142 valence electrons. The van der Waals surface area contributed by atoms with Crippen LogP contribution in [-0.2, 0) is 20.8 Å². The molecule has 0 radical (unpaired) electrons. The number of hydrogen-bond donors (Lipinski definition) is 3. The van der Waals surface area contributed by atoms with Gasteiger partial charge in [0.15, 0.2) is 0 Å². The predicted molar refractivity (Wildman–Crippen MR) is 88.9 cm³/mol. The summed E-state index contributed by atoms with van der Waals surface area (Å²) < 4.78 is 13.4. The second kappa shape index (κ2) is 8.27. The lowest BCUT2D eigenvalue weighted by Crippen LogP contribution is -2.58. The molecule has 8 heteroatoms. The summed E-state index contributed by atoms with van der Waals surface area (Å²) in [4.78, 5) is 36.2. The number of nitrogens with zero attached hydrogens (tertiary/aromatic N) is 1. The first-order valence-electron chi connectivity index (χ1n) is 8.40. The lowest BCUT2D eigenvalue weighted by atomic mass is 9.72. The molecule has 0 saturated carbocycles. The molecule has 0 bridgehead atoms. The molecule has 0 unspecified atom stereocenters. The van der Waals surface area contributed by atoms with Gasteiger partial charge in [-0.1, -0.05) is 12.1 Å². The van der Waals surface area contributed by atoms with Gasteiger partial charge < -0.3 is 20.2 Å². The van der Waals surface area contributed by atoms with E-state index in [-0.39, 0.29) is 51.1 Å². The van der Waals surface area contributed by atoms with Crippen molar-refractivity contribution in [3.8, 4) is 0 Å². The molecule has 1 heterocycles. The summed E-state index contributed by atoms with van der Waals surface area (Å²) in [6.07, 6.45) is -1.18. The standard InChI is InChI=1S/C18H22FNO6/c19-13-4-1-3-12(9-13)10-18(17(25)26)11-20(8-7-14(18)21)15(22)5-2-6-16(23)24/h1,3-4,9,14,21H,2,5-8,10-11H2,(H,23,24)(H,25,26)/t14-,18+/m0/s1. The van der Waals surface area contributed by atoms with Gasteiger partial charge >= 0.3 is 11.9 Å². The highest BCUT2D eigenvalue weighted by molar-refractivity contribution is 5.81. The quantitative estimate of drug-likeness (QED) is 0.669. The number of benzene rings is 1. The molecular formula is C18H22FNO6. The van der Waals surface area contributed by atoms with Crippen molar-refractivity contribution in [2.75, 3.05) is 13.1 Å². The number of piperidine rings is 1. The normalized spacial score (nSPS) is 22.8. The van der Waals surface area contributed by atoms with Gasteiger partial charge in [0.05, 0.1) is 6.10 Å². The number of hydrogen-bond acceptors (Lipinski definition) is 4. The SMILES string of the molecule is O=C(O)CCCC(=O)N1CC[C@H](O)[C@](Cc2cccc(F)c2)(C(=O)O)C1. The van der Waals surface area contributed by atoms with Gasteiger partial charge in [-0.05, 0) is 37.0 Å². The fourth-order valence-electron chi connectivity index (χ4n) is 3.31. The summed E-state index contributed by atoms with van der Waals surface area (Å²) in [6.45, 7) is -0.00281. The summed E-state index contributed by atoms with van der Waals surface area (Å²) in [5, 5.41) is 28.8. The third-order valence-corrected chi connectivity index (χ3v) is 4.75. The minimum Gasteiger partial charge on any atom is -0.481 e. The minimum atomic E-state index is -1.63. The van der Waals surface area contributed by atoms with Crippen LogP contribution < -0.4 is 0 Å². The van der Waals surface area contributed by atoms with Crippen LogP contribution >= 0.6 is 0 Å². The molecule has 0 spiro atoms. The van der Waals surface area contributed by atoms with Crippen LogP contribution in [-0.4, -0.2) is 57.3 Å². The number of halogens is 1. The molecule has 1 aliphatic heterocycles. The van der Waals surface area contributed by atoms with E-state index in [4.69, 9.17) is 5.11 Å². The summed E-state index contributed by atoms with van der Waals surface area (Å²) in [5.74, 6) is -3.10. The molecular weight excluding hydrogens is 345 g/mol. The van der Waals surface area contributed by atoms with Crippen LogP contribution in [0.5, 0.6) is 0 Å². The van der Waals surface area contributed by atoms with Crippen LogP contribution in [0.3, 0.4) is 0 Å². The molecule has 1 saturated heterocycles. The fourth-order valence-corrected chi connectivity index (χ4v) is 3.31. The van der Waals surface area contributed by atoms with Crippen LogP contribution in [0.4, 0.5) is 4.39 Å². The monoisotopic (exact) mass is 367 g/mol. The van der Waals surface area contributed by atoms with Gasteiger partial charge in [0.2, 0.25) is 5.91 Å². The van der Waals surface area contributed by atoms with E-state index in [1.165, 1.54) is 23.1 Å². The van der Waals surface area contributed by atoms with Crippen LogP contribution in [0, 0.1) is 11.2 Å². The number of rotatable bonds is 7. The van der Waals surface area contributed by atoms with Gasteiger partial charge in [0.25, 0.3) is 0 Å². The van der Waals surface area contributed by atoms with Crippen LogP contribution in [0.25, 0.3) is 0 Å². The number of aliphatic carboxylic acids is 2. The molecule has 3 N–H and O–H groups in total. The minimum absolute atomic E-state index is 0.00193. The van der Waals surface area contributed by atoms with E-state index in [2.05, 4.69) is 0 Å². The molecule has 1 amide bonds. The summed E-state index contributed by atoms with van der Waals surface area (Å²) in [5.41, 5.74) is -1.21. The maximum Gasteiger partial charge on any atom is 0.314 e. The van der Waals surface area contributed by atoms with Crippen molar-refractivity contribution in [1.82, 2.24) is 4.90 Å². The predicted octanol–water partition coefficient (Wildman–Crippen LogP) is 1.29. The third-order valence-electron chi connectivity index (χ3n) is 4.75. The summed E-state index contributed by atoms with van der Waals surface area (Å²) in [6, 6.07) is 5.50. The molecule has 26 heavy (non-hydrogen) atoms. The molecule has 2 atom stereocenters. The Bertz CT molecular complexity index is 694. The van der Waals surface area contributed by atoms with Crippen molar-refractivity contribution in [2.45, 2.75) is 38.2 Å². The van der Waals surface area contributed by atoms with E-state index in [9.17, 15) is 29.0 Å². The number of carbonyl (C=O) groups excluding carboxylic acids is 1. The topological polar surface area (TPSA) is 115 Å². The van der Waals surface area contributed by atoms with E-state index < -0.39 is 29.3 Å². The highest BCUT2D eigenvalue weighted by atomic mass is 19.1. The summed E-state index contributed by atoms with van der Waals surface area (Å²) >= 11 is 0. The molecule has 1 aromatic carbocycles. The molecule has 1 fully saturated rings. The Morgan fingerprint density at radius 3 is 2.58 bits per heavy atom. The second-order valence-electron chi connectivity index (χ2n) is 6.64. The average Bonchev–Trinajstić information content (AvgIpc) is 2.56. The van der Waals surface area contributed by atoms with E-state index in [1.807, 2.05) is 0 Å². The third kappa shape index (κ3) is 4.57. The Balaban J connectivity index is 2.16. The lowest BCUT2D eigenvalue weighted by molar-refractivity contribution is -0.165. The van der Waals surface area contributed by atoms with Gasteiger partial charge in [0.1, 0.15) is 11.2 Å². The maximum atomic E-state index is 13.4. The van der Waals surface area contributed by atoms with Gasteiger partial charge in [-0.15, -0.1) is 0 Å². The van der Waals surface area contributed by atoms with Crippen molar-refractivity contribution in [3.63, 3.8) is 0 Å². The van der Waals surface area contributed by atoms with Crippen molar-refractivity contribution in [1.29, 1.82) is 0 Å². The molecule has 1 aromatic rings. The van der Waals surface area contributed by atoms with Gasteiger partial charge in [-0.2, -0.15) is 0 Å². The van der Waals surface area contributed by atoms with Gasteiger partial charge in [0, 0.05) is 25.9 Å². The average molecular weight is 367 g/mol. The molecule has 2 rings (SSSR count). The zero-order chi connectivity index (χ0) is 19.3. The lowest BCUT2D eigenvalue weighted by Gasteiger charge is -2.43. The largest absolute Gasteiger partial charge is 0.481 e. The zero-order valence-corrected chi connectivity index (χ0v) is 14.2. The Kier molecular flexibility index (Phi) is 6.31. The first-order chi connectivity index (χ1) is 12.2. The number of aliphatic hydroxyl groups excluding tert-OH is 1. The number of carbonyl (C=O) groups is 3. The number of carboxylic acids is 2. The van der Waals surface area contributed by atoms with Crippen molar-refractivity contribution in [3.05, 3.63) is 35.6 Å². The number of likely N-dealkylation sites (tertiary alicyclic amines) is 1. The van der Waals surface area contributed by atoms with Crippen LogP contribution in [0.1, 0.15) is 31.2 Å². The molecule has 0 aliphatic carbocycles. The van der Waals surface area contributed by atoms with E-state index >= 15 is 0 Å². The molecule has 1 aliphatic rings.